The van der Waals surface area contributed by atoms with Gasteiger partial charge in [0.15, 0.2) is 9.84 Å². The van der Waals surface area contributed by atoms with Crippen LogP contribution in [0.4, 0.5) is 0 Å². The van der Waals surface area contributed by atoms with E-state index >= 15 is 0 Å². The Labute approximate surface area is 184 Å². The van der Waals surface area contributed by atoms with Crippen LogP contribution in [0, 0.1) is 0 Å². The predicted molar refractivity (Wildman–Crippen MR) is 116 cm³/mol. The molecule has 30 heavy (non-hydrogen) atoms. The van der Waals surface area contributed by atoms with Gasteiger partial charge in [-0.15, -0.1) is 11.3 Å². The highest BCUT2D eigenvalue weighted by Crippen LogP contribution is 2.30. The SMILES string of the molecule is CCOc1ccc(S(=O)(=O)C(CNS(=O)(=O)c2ccc(Cl)s2)c2cccnc2)cc1. The third-order valence-corrected chi connectivity index (χ3v) is 9.43. The highest BCUT2D eigenvalue weighted by atomic mass is 35.5. The van der Waals surface area contributed by atoms with Gasteiger partial charge >= 0.3 is 0 Å². The van der Waals surface area contributed by atoms with Crippen molar-refractivity contribution < 1.29 is 21.6 Å². The number of ether oxygens (including phenoxy) is 1. The minimum Gasteiger partial charge on any atom is -0.494 e. The quantitative estimate of drug-likeness (QED) is 0.494. The Morgan fingerprint density at radius 1 is 1.10 bits per heavy atom. The van der Waals surface area contributed by atoms with Crippen molar-refractivity contribution in [3.05, 3.63) is 70.8 Å². The third-order valence-electron chi connectivity index (χ3n) is 4.17. The lowest BCUT2D eigenvalue weighted by atomic mass is 10.2. The van der Waals surface area contributed by atoms with E-state index in [9.17, 15) is 16.8 Å². The molecular weight excluding hydrogens is 468 g/mol. The highest BCUT2D eigenvalue weighted by Gasteiger charge is 2.31. The molecule has 0 radical (unpaired) electrons. The van der Waals surface area contributed by atoms with Crippen LogP contribution in [0.5, 0.6) is 5.75 Å². The van der Waals surface area contributed by atoms with Crippen LogP contribution in [0.2, 0.25) is 4.34 Å². The molecule has 1 N–H and O–H groups in total. The monoisotopic (exact) mass is 486 g/mol. The molecule has 7 nitrogen and oxygen atoms in total. The number of thiophene rings is 1. The van der Waals surface area contributed by atoms with Gasteiger partial charge in [0.2, 0.25) is 10.0 Å². The summed E-state index contributed by atoms with van der Waals surface area (Å²) in [5, 5.41) is -1.17. The summed E-state index contributed by atoms with van der Waals surface area (Å²) in [6, 6.07) is 12.0. The number of nitrogens with zero attached hydrogens (tertiary/aromatic N) is 1. The molecule has 0 saturated carbocycles. The topological polar surface area (TPSA) is 102 Å². The number of benzene rings is 1. The number of hydrogen-bond donors (Lipinski definition) is 1. The number of rotatable bonds is 9. The summed E-state index contributed by atoms with van der Waals surface area (Å²) in [4.78, 5) is 4.03. The van der Waals surface area contributed by atoms with Gasteiger partial charge in [0.1, 0.15) is 15.2 Å². The molecule has 0 aliphatic rings. The van der Waals surface area contributed by atoms with Gasteiger partial charge in [0.25, 0.3) is 0 Å². The zero-order valence-corrected chi connectivity index (χ0v) is 19.1. The predicted octanol–water partition coefficient (Wildman–Crippen LogP) is 3.69. The lowest BCUT2D eigenvalue weighted by molar-refractivity contribution is 0.340. The fraction of sp³-hybridized carbons (Fsp3) is 0.211. The lowest BCUT2D eigenvalue weighted by Crippen LogP contribution is -2.31. The molecule has 0 aliphatic heterocycles. The van der Waals surface area contributed by atoms with E-state index in [1.165, 1.54) is 36.7 Å². The maximum Gasteiger partial charge on any atom is 0.250 e. The van der Waals surface area contributed by atoms with Gasteiger partial charge in [-0.2, -0.15) is 0 Å². The minimum absolute atomic E-state index is 0.0101. The van der Waals surface area contributed by atoms with Crippen molar-refractivity contribution in [1.29, 1.82) is 0 Å². The van der Waals surface area contributed by atoms with E-state index in [0.717, 1.165) is 11.3 Å². The molecule has 2 heterocycles. The number of hydrogen-bond acceptors (Lipinski definition) is 7. The molecule has 0 fully saturated rings. The molecule has 2 aromatic heterocycles. The van der Waals surface area contributed by atoms with Crippen LogP contribution < -0.4 is 9.46 Å². The van der Waals surface area contributed by atoms with Crippen molar-refractivity contribution >= 4 is 42.8 Å². The van der Waals surface area contributed by atoms with Crippen LogP contribution in [0.1, 0.15) is 17.7 Å². The number of aromatic nitrogens is 1. The van der Waals surface area contributed by atoms with Gasteiger partial charge < -0.3 is 4.74 Å². The Bertz CT molecular complexity index is 1190. The van der Waals surface area contributed by atoms with Gasteiger partial charge in [-0.3, -0.25) is 4.98 Å². The summed E-state index contributed by atoms with van der Waals surface area (Å²) < 4.78 is 59.9. The molecule has 3 rings (SSSR count). The van der Waals surface area contributed by atoms with E-state index in [0.29, 0.717) is 22.3 Å². The van der Waals surface area contributed by atoms with E-state index in [4.69, 9.17) is 16.3 Å². The molecule has 3 aromatic rings. The second kappa shape index (κ2) is 9.44. The largest absolute Gasteiger partial charge is 0.494 e. The summed E-state index contributed by atoms with van der Waals surface area (Å²) in [5.41, 5.74) is 0.373. The Hall–Kier alpha value is -1.98. The number of halogens is 1. The second-order valence-corrected chi connectivity index (χ2v) is 12.0. The average Bonchev–Trinajstić information content (AvgIpc) is 3.17. The normalized spacial score (nSPS) is 13.1. The van der Waals surface area contributed by atoms with Gasteiger partial charge in [0.05, 0.1) is 15.8 Å². The first-order chi connectivity index (χ1) is 14.2. The van der Waals surface area contributed by atoms with E-state index in [1.54, 1.807) is 24.3 Å². The van der Waals surface area contributed by atoms with Crippen molar-refractivity contribution in [3.63, 3.8) is 0 Å². The molecule has 1 atom stereocenters. The smallest absolute Gasteiger partial charge is 0.250 e. The average molecular weight is 487 g/mol. The van der Waals surface area contributed by atoms with Crippen molar-refractivity contribution in [2.24, 2.45) is 0 Å². The number of sulfonamides is 1. The van der Waals surface area contributed by atoms with E-state index < -0.39 is 25.1 Å². The number of pyridine rings is 1. The van der Waals surface area contributed by atoms with Gasteiger partial charge in [-0.1, -0.05) is 17.7 Å². The standard InChI is InChI=1S/C19H19ClN2O5S3/c1-2-27-15-5-7-16(8-6-15)29(23,24)17(14-4-3-11-21-12-14)13-22-30(25,26)19-10-9-18(20)28-19/h3-12,17,22H,2,13H2,1H3. The van der Waals surface area contributed by atoms with Crippen LogP contribution in [-0.2, 0) is 19.9 Å². The summed E-state index contributed by atoms with van der Waals surface area (Å²) >= 11 is 6.72. The van der Waals surface area contributed by atoms with Crippen molar-refractivity contribution in [2.75, 3.05) is 13.2 Å². The summed E-state index contributed by atoms with van der Waals surface area (Å²) in [7, 11) is -7.85. The van der Waals surface area contributed by atoms with Crippen molar-refractivity contribution in [1.82, 2.24) is 9.71 Å². The molecule has 1 unspecified atom stereocenters. The summed E-state index contributed by atoms with van der Waals surface area (Å²) in [6.45, 7) is 1.92. The van der Waals surface area contributed by atoms with Crippen molar-refractivity contribution in [3.8, 4) is 5.75 Å². The second-order valence-electron chi connectivity index (χ2n) is 6.13. The van der Waals surface area contributed by atoms with Crippen molar-refractivity contribution in [2.45, 2.75) is 21.3 Å². The Balaban J connectivity index is 1.93. The zero-order chi connectivity index (χ0) is 21.8. The summed E-state index contributed by atoms with van der Waals surface area (Å²) in [6.07, 6.45) is 2.93. The zero-order valence-electron chi connectivity index (χ0n) is 15.9. The first-order valence-electron chi connectivity index (χ1n) is 8.85. The molecule has 0 amide bonds. The fourth-order valence-corrected chi connectivity index (χ4v) is 7.05. The Morgan fingerprint density at radius 2 is 1.83 bits per heavy atom. The van der Waals surface area contributed by atoms with E-state index in [1.807, 2.05) is 6.92 Å². The lowest BCUT2D eigenvalue weighted by Gasteiger charge is -2.19. The highest BCUT2D eigenvalue weighted by molar-refractivity contribution is 7.92. The molecule has 11 heteroatoms. The van der Waals surface area contributed by atoms with Crippen LogP contribution in [0.3, 0.4) is 0 Å². The van der Waals surface area contributed by atoms with Gasteiger partial charge in [-0.05, 0) is 55.0 Å². The van der Waals surface area contributed by atoms with Crippen LogP contribution in [0.25, 0.3) is 0 Å². The molecule has 1 aromatic carbocycles. The number of nitrogens with one attached hydrogen (secondary N) is 1. The van der Waals surface area contributed by atoms with E-state index in [-0.39, 0.29) is 15.6 Å². The molecule has 0 spiro atoms. The maximum absolute atomic E-state index is 13.3. The molecule has 160 valence electrons. The Kier molecular flexibility index (Phi) is 7.14. The first kappa shape index (κ1) is 22.7. The third kappa shape index (κ3) is 5.19. The van der Waals surface area contributed by atoms with Gasteiger partial charge in [-0.25, -0.2) is 21.6 Å². The first-order valence-corrected chi connectivity index (χ1v) is 13.1. The molecule has 0 bridgehead atoms. The minimum atomic E-state index is -3.93. The molecule has 0 aliphatic carbocycles. The van der Waals surface area contributed by atoms with Crippen LogP contribution in [0.15, 0.2) is 70.0 Å². The molecule has 0 saturated heterocycles. The summed E-state index contributed by atoms with van der Waals surface area (Å²) in [5.74, 6) is 0.546. The van der Waals surface area contributed by atoms with Crippen LogP contribution >= 0.6 is 22.9 Å². The van der Waals surface area contributed by atoms with Gasteiger partial charge in [0, 0.05) is 18.9 Å². The van der Waals surface area contributed by atoms with E-state index in [2.05, 4.69) is 9.71 Å². The maximum atomic E-state index is 13.3. The number of sulfone groups is 1. The Morgan fingerprint density at radius 3 is 2.40 bits per heavy atom. The van der Waals surface area contributed by atoms with Crippen LogP contribution in [-0.4, -0.2) is 35.0 Å². The molecular formula is C19H19ClN2O5S3. The fourth-order valence-electron chi connectivity index (χ4n) is 2.73.